The van der Waals surface area contributed by atoms with Crippen molar-refractivity contribution >= 4 is 28.1 Å². The molecule has 1 aliphatic rings. The molecule has 33 heavy (non-hydrogen) atoms. The zero-order valence-corrected chi connectivity index (χ0v) is 20.8. The molecule has 1 aliphatic heterocycles. The second kappa shape index (κ2) is 9.36. The van der Waals surface area contributed by atoms with Gasteiger partial charge in [0.05, 0.1) is 12.1 Å². The maximum Gasteiger partial charge on any atom is 0.123 e. The summed E-state index contributed by atoms with van der Waals surface area (Å²) in [5, 5.41) is 16.9. The first-order chi connectivity index (χ1) is 15.8. The van der Waals surface area contributed by atoms with Crippen LogP contribution in [-0.2, 0) is 0 Å². The topological polar surface area (TPSA) is 32.3 Å². The number of aliphatic hydroxyl groups is 1. The average molecular weight is 462 g/mol. The van der Waals surface area contributed by atoms with Crippen LogP contribution in [0, 0.1) is 17.7 Å². The van der Waals surface area contributed by atoms with E-state index in [2.05, 4.69) is 82.4 Å². The molecule has 1 unspecified atom stereocenters. The Morgan fingerprint density at radius 2 is 1.61 bits per heavy atom. The van der Waals surface area contributed by atoms with Crippen molar-refractivity contribution in [3.05, 3.63) is 94.3 Å². The Labute approximate surface area is 200 Å². The Hall–Kier alpha value is -2.56. The van der Waals surface area contributed by atoms with Crippen LogP contribution in [0.4, 0.5) is 4.39 Å². The molecule has 0 aromatic heterocycles. The van der Waals surface area contributed by atoms with Gasteiger partial charge in [-0.3, -0.25) is 0 Å². The summed E-state index contributed by atoms with van der Waals surface area (Å²) in [5.74, 6) is 0.228. The molecular weight excluding hydrogens is 429 g/mol. The summed E-state index contributed by atoms with van der Waals surface area (Å²) in [6.07, 6.45) is 0. The molecule has 4 heteroatoms. The van der Waals surface area contributed by atoms with Crippen LogP contribution >= 0.6 is 11.8 Å². The molecule has 4 rings (SSSR count). The molecule has 172 valence electrons. The quantitative estimate of drug-likeness (QED) is 0.401. The van der Waals surface area contributed by atoms with Gasteiger partial charge in [0.2, 0.25) is 0 Å². The SMILES string of the molecule is CC(C)C1=C(Sc2cccc3ccccc23)C(c2ccc(F)cc2)=C(CO)C(C)(C(C)C)N1. The number of fused-ring (bicyclic) bond motifs is 1. The van der Waals surface area contributed by atoms with Gasteiger partial charge in [-0.2, -0.15) is 0 Å². The summed E-state index contributed by atoms with van der Waals surface area (Å²) in [6, 6.07) is 21.4. The molecule has 0 bridgehead atoms. The largest absolute Gasteiger partial charge is 0.392 e. The number of halogens is 1. The van der Waals surface area contributed by atoms with E-state index in [4.69, 9.17) is 0 Å². The normalized spacial score (nSPS) is 19.1. The molecule has 3 aromatic carbocycles. The van der Waals surface area contributed by atoms with Crippen molar-refractivity contribution in [1.29, 1.82) is 0 Å². The minimum Gasteiger partial charge on any atom is -0.392 e. The summed E-state index contributed by atoms with van der Waals surface area (Å²) in [4.78, 5) is 2.25. The fourth-order valence-corrected chi connectivity index (χ4v) is 5.91. The second-order valence-electron chi connectivity index (χ2n) is 9.48. The van der Waals surface area contributed by atoms with Crippen molar-refractivity contribution in [2.24, 2.45) is 11.8 Å². The monoisotopic (exact) mass is 461 g/mol. The fourth-order valence-electron chi connectivity index (χ4n) is 4.51. The summed E-state index contributed by atoms with van der Waals surface area (Å²) in [6.45, 7) is 10.8. The van der Waals surface area contributed by atoms with Crippen LogP contribution in [-0.4, -0.2) is 17.3 Å². The van der Waals surface area contributed by atoms with Crippen molar-refractivity contribution in [3.63, 3.8) is 0 Å². The minimum atomic E-state index is -0.416. The van der Waals surface area contributed by atoms with E-state index in [0.717, 1.165) is 32.2 Å². The average Bonchev–Trinajstić information content (AvgIpc) is 2.80. The highest BCUT2D eigenvalue weighted by molar-refractivity contribution is 8.03. The van der Waals surface area contributed by atoms with Crippen LogP contribution in [0.3, 0.4) is 0 Å². The third-order valence-corrected chi connectivity index (χ3v) is 7.98. The van der Waals surface area contributed by atoms with Crippen molar-refractivity contribution < 1.29 is 9.50 Å². The first-order valence-electron chi connectivity index (χ1n) is 11.5. The Morgan fingerprint density at radius 3 is 2.24 bits per heavy atom. The first kappa shape index (κ1) is 23.6. The molecule has 1 heterocycles. The van der Waals surface area contributed by atoms with Gasteiger partial charge in [-0.05, 0) is 58.9 Å². The molecule has 0 fully saturated rings. The van der Waals surface area contributed by atoms with E-state index >= 15 is 0 Å². The number of nitrogens with one attached hydrogen (secondary N) is 1. The lowest BCUT2D eigenvalue weighted by atomic mass is 9.74. The van der Waals surface area contributed by atoms with E-state index in [9.17, 15) is 9.50 Å². The molecule has 0 spiro atoms. The maximum absolute atomic E-state index is 13.8. The van der Waals surface area contributed by atoms with Crippen molar-refractivity contribution in [2.75, 3.05) is 6.61 Å². The number of hydrogen-bond donors (Lipinski definition) is 2. The molecule has 2 N–H and O–H groups in total. The Kier molecular flexibility index (Phi) is 6.69. The van der Waals surface area contributed by atoms with E-state index in [1.807, 2.05) is 12.1 Å². The van der Waals surface area contributed by atoms with E-state index < -0.39 is 5.54 Å². The van der Waals surface area contributed by atoms with Crippen LogP contribution in [0.2, 0.25) is 0 Å². The highest BCUT2D eigenvalue weighted by Gasteiger charge is 2.41. The van der Waals surface area contributed by atoms with E-state index in [-0.39, 0.29) is 24.3 Å². The number of allylic oxidation sites excluding steroid dienone is 2. The van der Waals surface area contributed by atoms with Gasteiger partial charge in [0.25, 0.3) is 0 Å². The van der Waals surface area contributed by atoms with Crippen molar-refractivity contribution in [3.8, 4) is 0 Å². The number of dihydropyridines is 1. The lowest BCUT2D eigenvalue weighted by molar-refractivity contribution is 0.255. The molecule has 0 saturated carbocycles. The van der Waals surface area contributed by atoms with Gasteiger partial charge < -0.3 is 10.4 Å². The number of aliphatic hydroxyl groups excluding tert-OH is 1. The zero-order valence-electron chi connectivity index (χ0n) is 19.9. The van der Waals surface area contributed by atoms with Crippen LogP contribution in [0.5, 0.6) is 0 Å². The Morgan fingerprint density at radius 1 is 0.939 bits per heavy atom. The molecule has 0 saturated heterocycles. The van der Waals surface area contributed by atoms with E-state index in [1.165, 1.54) is 22.9 Å². The number of benzene rings is 3. The lowest BCUT2D eigenvalue weighted by Crippen LogP contribution is -2.52. The maximum atomic E-state index is 13.8. The number of thioether (sulfide) groups is 1. The molecule has 2 nitrogen and oxygen atoms in total. The molecule has 0 aliphatic carbocycles. The Bertz CT molecular complexity index is 1220. The summed E-state index contributed by atoms with van der Waals surface area (Å²) in [7, 11) is 0. The third-order valence-electron chi connectivity index (χ3n) is 6.78. The van der Waals surface area contributed by atoms with Crippen molar-refractivity contribution in [1.82, 2.24) is 5.32 Å². The standard InChI is InChI=1S/C29H32FNOS/c1-18(2)27-28(33-25-12-8-10-20-9-6-7-11-23(20)25)26(21-13-15-22(30)16-14-21)24(17-32)29(5,31-27)19(3)4/h6-16,18-19,31-32H,17H2,1-5H3. The fraction of sp³-hybridized carbons (Fsp3) is 0.310. The molecule has 1 atom stereocenters. The van der Waals surface area contributed by atoms with E-state index in [1.54, 1.807) is 11.8 Å². The smallest absolute Gasteiger partial charge is 0.123 e. The first-order valence-corrected chi connectivity index (χ1v) is 12.4. The summed E-state index contributed by atoms with van der Waals surface area (Å²) >= 11 is 1.72. The van der Waals surface area contributed by atoms with Crippen LogP contribution < -0.4 is 5.32 Å². The zero-order chi connectivity index (χ0) is 23.8. The van der Waals surface area contributed by atoms with Gasteiger partial charge in [-0.15, -0.1) is 0 Å². The van der Waals surface area contributed by atoms with Crippen LogP contribution in [0.25, 0.3) is 16.3 Å². The van der Waals surface area contributed by atoms with Crippen LogP contribution in [0.1, 0.15) is 40.2 Å². The van der Waals surface area contributed by atoms with Crippen LogP contribution in [0.15, 0.2) is 87.8 Å². The summed E-state index contributed by atoms with van der Waals surface area (Å²) < 4.78 is 13.8. The molecule has 0 amide bonds. The molecule has 3 aromatic rings. The van der Waals surface area contributed by atoms with Gasteiger partial charge in [-0.1, -0.05) is 88.0 Å². The van der Waals surface area contributed by atoms with Crippen molar-refractivity contribution in [2.45, 2.75) is 45.1 Å². The second-order valence-corrected chi connectivity index (χ2v) is 10.5. The molecular formula is C29H32FNOS. The van der Waals surface area contributed by atoms with Gasteiger partial charge >= 0.3 is 0 Å². The summed E-state index contributed by atoms with van der Waals surface area (Å²) in [5.41, 5.74) is 3.61. The predicted octanol–water partition coefficient (Wildman–Crippen LogP) is 7.40. The third kappa shape index (κ3) is 4.34. The number of rotatable bonds is 6. The highest BCUT2D eigenvalue weighted by atomic mass is 32.2. The van der Waals surface area contributed by atoms with E-state index in [0.29, 0.717) is 0 Å². The molecule has 0 radical (unpaired) electrons. The minimum absolute atomic E-state index is 0.0701. The lowest BCUT2D eigenvalue weighted by Gasteiger charge is -2.45. The van der Waals surface area contributed by atoms with Gasteiger partial charge in [-0.25, -0.2) is 4.39 Å². The van der Waals surface area contributed by atoms with Gasteiger partial charge in [0.1, 0.15) is 5.82 Å². The highest BCUT2D eigenvalue weighted by Crippen LogP contribution is 2.49. The number of hydrogen-bond acceptors (Lipinski definition) is 3. The van der Waals surface area contributed by atoms with Gasteiger partial charge in [0.15, 0.2) is 0 Å². The van der Waals surface area contributed by atoms with Gasteiger partial charge in [0, 0.05) is 21.1 Å². The predicted molar refractivity (Wildman–Crippen MR) is 138 cm³/mol. The Balaban J connectivity index is 1.99.